The Hall–Kier alpha value is -1.99. The summed E-state index contributed by atoms with van der Waals surface area (Å²) in [4.78, 5) is 32.0. The summed E-state index contributed by atoms with van der Waals surface area (Å²) in [6, 6.07) is 5.95. The van der Waals surface area contributed by atoms with E-state index >= 15 is 0 Å². The van der Waals surface area contributed by atoms with Gasteiger partial charge in [0, 0.05) is 25.6 Å². The van der Waals surface area contributed by atoms with E-state index in [0.717, 1.165) is 41.7 Å². The fraction of sp³-hybridized carbons (Fsp3) is 0.526. The number of likely N-dealkylation sites (tertiary alicyclic amines) is 2. The fourth-order valence-electron chi connectivity index (χ4n) is 4.05. The summed E-state index contributed by atoms with van der Waals surface area (Å²) in [6.45, 7) is 4.65. The third kappa shape index (κ3) is 3.10. The molecule has 6 nitrogen and oxygen atoms in total. The molecule has 0 saturated carbocycles. The Morgan fingerprint density at radius 1 is 1.23 bits per heavy atom. The summed E-state index contributed by atoms with van der Waals surface area (Å²) in [5.74, 6) is -1.35. The second-order valence-corrected chi connectivity index (χ2v) is 8.72. The molecule has 2 atom stereocenters. The Labute approximate surface area is 156 Å². The molecule has 0 bridgehead atoms. The first-order valence-corrected chi connectivity index (χ1v) is 9.87. The number of piperidine rings is 1. The maximum Gasteiger partial charge on any atom is 0.394 e. The zero-order valence-electron chi connectivity index (χ0n) is 15.0. The summed E-state index contributed by atoms with van der Waals surface area (Å²) in [6.07, 6.45) is 1.78. The van der Waals surface area contributed by atoms with Crippen molar-refractivity contribution in [3.8, 4) is 0 Å². The molecule has 2 fully saturated rings. The lowest BCUT2D eigenvalue weighted by molar-refractivity contribution is -0.158. The normalized spacial score (nSPS) is 24.6. The number of hydrogen-bond acceptors (Lipinski definition) is 5. The highest BCUT2D eigenvalue weighted by atomic mass is 32.1. The minimum atomic E-state index is -1.38. The third-order valence-electron chi connectivity index (χ3n) is 5.49. The summed E-state index contributed by atoms with van der Waals surface area (Å²) in [5.41, 5.74) is 1.94. The van der Waals surface area contributed by atoms with Crippen molar-refractivity contribution in [2.24, 2.45) is 5.92 Å². The standard InChI is InChI=1S/C19H23N3O3S/c1-11-3-5-15(22(8-11)18(23)19(24)25)12-4-6-16-14(7-12)20-17(26-16)13-9-21(2)10-13/h4,6-7,11,13,15H,3,5,8-10H2,1-2H3,(H,24,25)/t11-,15+/m0/s1. The Bertz CT molecular complexity index is 859. The van der Waals surface area contributed by atoms with Gasteiger partial charge in [-0.3, -0.25) is 4.79 Å². The summed E-state index contributed by atoms with van der Waals surface area (Å²) >= 11 is 1.74. The van der Waals surface area contributed by atoms with Crippen molar-refractivity contribution in [1.29, 1.82) is 0 Å². The number of benzene rings is 1. The van der Waals surface area contributed by atoms with Crippen LogP contribution in [0.15, 0.2) is 18.2 Å². The maximum atomic E-state index is 12.2. The molecule has 0 aliphatic carbocycles. The molecule has 1 amide bonds. The molecular weight excluding hydrogens is 350 g/mol. The average molecular weight is 373 g/mol. The lowest BCUT2D eigenvalue weighted by atomic mass is 9.89. The number of likely N-dealkylation sites (N-methyl/N-ethyl adjacent to an activating group) is 1. The van der Waals surface area contributed by atoms with Crippen molar-refractivity contribution in [3.63, 3.8) is 0 Å². The van der Waals surface area contributed by atoms with Crippen LogP contribution in [-0.4, -0.2) is 58.4 Å². The molecule has 0 spiro atoms. The van der Waals surface area contributed by atoms with Crippen molar-refractivity contribution in [2.75, 3.05) is 26.7 Å². The van der Waals surface area contributed by atoms with E-state index in [2.05, 4.69) is 24.9 Å². The second kappa shape index (κ2) is 6.63. The SMILES string of the molecule is C[C@H]1CC[C@H](c2ccc3sc(C4CN(C)C4)nc3c2)N(C(=O)C(=O)O)C1. The van der Waals surface area contributed by atoms with Gasteiger partial charge in [0.25, 0.3) is 0 Å². The van der Waals surface area contributed by atoms with E-state index in [1.807, 2.05) is 12.1 Å². The number of carbonyl (C=O) groups excluding carboxylic acids is 1. The van der Waals surface area contributed by atoms with Gasteiger partial charge in [-0.1, -0.05) is 13.0 Å². The molecule has 2 aromatic rings. The molecule has 7 heteroatoms. The number of thiazole rings is 1. The number of carboxylic acids is 1. The van der Waals surface area contributed by atoms with Gasteiger partial charge in [0.15, 0.2) is 0 Å². The van der Waals surface area contributed by atoms with Gasteiger partial charge in [0.2, 0.25) is 0 Å². The van der Waals surface area contributed by atoms with Crippen molar-refractivity contribution in [2.45, 2.75) is 31.7 Å². The number of amides is 1. The predicted molar refractivity (Wildman–Crippen MR) is 100 cm³/mol. The van der Waals surface area contributed by atoms with E-state index in [0.29, 0.717) is 18.4 Å². The minimum Gasteiger partial charge on any atom is -0.474 e. The summed E-state index contributed by atoms with van der Waals surface area (Å²) in [7, 11) is 2.11. The molecule has 1 N–H and O–H groups in total. The molecule has 0 radical (unpaired) electrons. The van der Waals surface area contributed by atoms with Gasteiger partial charge < -0.3 is 14.9 Å². The van der Waals surface area contributed by atoms with E-state index in [1.54, 1.807) is 11.3 Å². The van der Waals surface area contributed by atoms with Crippen LogP contribution < -0.4 is 0 Å². The first kappa shape index (κ1) is 17.4. The Kier molecular flexibility index (Phi) is 4.44. The number of aromatic nitrogens is 1. The number of carboxylic acid groups (broad SMARTS) is 1. The van der Waals surface area contributed by atoms with Crippen LogP contribution in [0.3, 0.4) is 0 Å². The molecule has 2 aliphatic heterocycles. The monoisotopic (exact) mass is 373 g/mol. The van der Waals surface area contributed by atoms with Crippen molar-refractivity contribution in [3.05, 3.63) is 28.8 Å². The lowest BCUT2D eigenvalue weighted by Crippen LogP contribution is -2.44. The van der Waals surface area contributed by atoms with Gasteiger partial charge in [-0.25, -0.2) is 9.78 Å². The van der Waals surface area contributed by atoms with Gasteiger partial charge in [-0.2, -0.15) is 0 Å². The smallest absolute Gasteiger partial charge is 0.394 e. The van der Waals surface area contributed by atoms with Gasteiger partial charge in [0.1, 0.15) is 0 Å². The number of rotatable bonds is 2. The quantitative estimate of drug-likeness (QED) is 0.820. The zero-order chi connectivity index (χ0) is 18.4. The highest BCUT2D eigenvalue weighted by Gasteiger charge is 2.34. The highest BCUT2D eigenvalue weighted by Crippen LogP contribution is 2.37. The molecule has 2 aliphatic rings. The predicted octanol–water partition coefficient (Wildman–Crippen LogP) is 2.71. The minimum absolute atomic E-state index is 0.181. The van der Waals surface area contributed by atoms with E-state index < -0.39 is 11.9 Å². The van der Waals surface area contributed by atoms with Crippen LogP contribution in [0.25, 0.3) is 10.2 Å². The highest BCUT2D eigenvalue weighted by molar-refractivity contribution is 7.18. The molecule has 0 unspecified atom stereocenters. The first-order valence-electron chi connectivity index (χ1n) is 9.05. The van der Waals surface area contributed by atoms with Crippen LogP contribution >= 0.6 is 11.3 Å². The largest absolute Gasteiger partial charge is 0.474 e. The average Bonchev–Trinajstić information content (AvgIpc) is 3.00. The van der Waals surface area contributed by atoms with E-state index in [4.69, 9.17) is 4.98 Å². The molecule has 4 rings (SSSR count). The van der Waals surface area contributed by atoms with Crippen molar-refractivity contribution >= 4 is 33.4 Å². The molecular formula is C19H23N3O3S. The van der Waals surface area contributed by atoms with Crippen LogP contribution in [0, 0.1) is 5.92 Å². The number of aliphatic carboxylic acids is 1. The van der Waals surface area contributed by atoms with Gasteiger partial charge >= 0.3 is 11.9 Å². The van der Waals surface area contributed by atoms with Crippen molar-refractivity contribution in [1.82, 2.24) is 14.8 Å². The van der Waals surface area contributed by atoms with Gasteiger partial charge in [-0.15, -0.1) is 11.3 Å². The Morgan fingerprint density at radius 2 is 2.00 bits per heavy atom. The molecule has 26 heavy (non-hydrogen) atoms. The maximum absolute atomic E-state index is 12.2. The fourth-order valence-corrected chi connectivity index (χ4v) is 5.08. The number of hydrogen-bond donors (Lipinski definition) is 1. The van der Waals surface area contributed by atoms with Crippen LogP contribution in [0.5, 0.6) is 0 Å². The van der Waals surface area contributed by atoms with Crippen LogP contribution in [0.4, 0.5) is 0 Å². The second-order valence-electron chi connectivity index (χ2n) is 7.66. The number of carbonyl (C=O) groups is 2. The van der Waals surface area contributed by atoms with Crippen LogP contribution in [-0.2, 0) is 9.59 Å². The van der Waals surface area contributed by atoms with Gasteiger partial charge in [-0.05, 0) is 43.5 Å². The van der Waals surface area contributed by atoms with E-state index in [9.17, 15) is 14.7 Å². The van der Waals surface area contributed by atoms with Gasteiger partial charge in [0.05, 0.1) is 21.3 Å². The van der Waals surface area contributed by atoms with E-state index in [1.165, 1.54) is 9.91 Å². The number of fused-ring (bicyclic) bond motifs is 1. The Balaban J connectivity index is 1.63. The molecule has 138 valence electrons. The zero-order valence-corrected chi connectivity index (χ0v) is 15.8. The van der Waals surface area contributed by atoms with Crippen LogP contribution in [0.1, 0.15) is 42.3 Å². The van der Waals surface area contributed by atoms with Crippen molar-refractivity contribution < 1.29 is 14.7 Å². The molecule has 1 aromatic heterocycles. The molecule has 2 saturated heterocycles. The lowest BCUT2D eigenvalue weighted by Gasteiger charge is -2.38. The topological polar surface area (TPSA) is 73.7 Å². The number of nitrogens with zero attached hydrogens (tertiary/aromatic N) is 3. The summed E-state index contributed by atoms with van der Waals surface area (Å²) < 4.78 is 1.15. The van der Waals surface area contributed by atoms with E-state index in [-0.39, 0.29) is 6.04 Å². The van der Waals surface area contributed by atoms with Crippen LogP contribution in [0.2, 0.25) is 0 Å². The molecule has 3 heterocycles. The third-order valence-corrected chi connectivity index (χ3v) is 6.69. The summed E-state index contributed by atoms with van der Waals surface area (Å²) in [5, 5.41) is 10.3. The Morgan fingerprint density at radius 3 is 2.69 bits per heavy atom. The molecule has 1 aromatic carbocycles. The first-order chi connectivity index (χ1) is 12.4.